The van der Waals surface area contributed by atoms with E-state index >= 15 is 0 Å². The summed E-state index contributed by atoms with van der Waals surface area (Å²) in [4.78, 5) is 17.9. The fourth-order valence-corrected chi connectivity index (χ4v) is 4.49. The number of aromatic nitrogens is 1. The van der Waals surface area contributed by atoms with Gasteiger partial charge in [-0.3, -0.25) is 9.78 Å². The molecule has 4 rings (SSSR count). The van der Waals surface area contributed by atoms with Crippen LogP contribution in [0.1, 0.15) is 52.9 Å². The molecule has 0 saturated heterocycles. The number of aliphatic hydroxyl groups excluding tert-OH is 1. The lowest BCUT2D eigenvalue weighted by atomic mass is 9.91. The van der Waals surface area contributed by atoms with Gasteiger partial charge in [0.15, 0.2) is 0 Å². The number of carbonyl (C=O) groups excluding carboxylic acids is 1. The van der Waals surface area contributed by atoms with Crippen molar-refractivity contribution in [1.29, 1.82) is 0 Å². The number of nitrogens with zero attached hydrogens (tertiary/aromatic N) is 1. The Balaban J connectivity index is 1.77. The van der Waals surface area contributed by atoms with Crippen molar-refractivity contribution in [3.8, 4) is 0 Å². The van der Waals surface area contributed by atoms with Gasteiger partial charge in [-0.25, -0.2) is 0 Å². The average Bonchev–Trinajstić information content (AvgIpc) is 2.81. The topological polar surface area (TPSA) is 74.2 Å². The Bertz CT molecular complexity index is 1110. The molecule has 0 radical (unpaired) electrons. The van der Waals surface area contributed by atoms with Crippen LogP contribution in [0.5, 0.6) is 0 Å². The molecule has 1 amide bonds. The summed E-state index contributed by atoms with van der Waals surface area (Å²) in [5.41, 5.74) is 4.55. The Labute approximate surface area is 189 Å². The van der Waals surface area contributed by atoms with E-state index in [1.165, 1.54) is 0 Å². The largest absolute Gasteiger partial charge is 0.391 e. The lowest BCUT2D eigenvalue weighted by molar-refractivity contribution is 0.0718. The van der Waals surface area contributed by atoms with Gasteiger partial charge in [-0.2, -0.15) is 0 Å². The fraction of sp³-hybridized carbons (Fsp3) is 0.333. The summed E-state index contributed by atoms with van der Waals surface area (Å²) in [5.74, 6) is -0.156. The van der Waals surface area contributed by atoms with Crippen molar-refractivity contribution in [2.45, 2.75) is 51.2 Å². The smallest absolute Gasteiger partial charge is 0.253 e. The number of amides is 1. The summed E-state index contributed by atoms with van der Waals surface area (Å²) in [6.45, 7) is 6.34. The first-order chi connectivity index (χ1) is 15.6. The van der Waals surface area contributed by atoms with Crippen molar-refractivity contribution in [2.75, 3.05) is 11.9 Å². The zero-order chi connectivity index (χ0) is 22.5. The van der Waals surface area contributed by atoms with Crippen LogP contribution in [0.3, 0.4) is 0 Å². The van der Waals surface area contributed by atoms with Crippen molar-refractivity contribution in [2.24, 2.45) is 0 Å². The molecule has 3 N–H and O–H groups in total. The number of aryl methyl sites for hydroxylation is 1. The van der Waals surface area contributed by atoms with Gasteiger partial charge in [0.05, 0.1) is 23.4 Å². The zero-order valence-electron chi connectivity index (χ0n) is 18.6. The number of fused-ring (bicyclic) bond motifs is 1. The van der Waals surface area contributed by atoms with Gasteiger partial charge in [-0.05, 0) is 54.8 Å². The van der Waals surface area contributed by atoms with Crippen LogP contribution in [0.4, 0.5) is 5.69 Å². The highest BCUT2D eigenvalue weighted by Crippen LogP contribution is 2.32. The summed E-state index contributed by atoms with van der Waals surface area (Å²) >= 11 is 0. The van der Waals surface area contributed by atoms with Gasteiger partial charge < -0.3 is 15.7 Å². The Morgan fingerprint density at radius 2 is 1.97 bits per heavy atom. The maximum Gasteiger partial charge on any atom is 0.253 e. The summed E-state index contributed by atoms with van der Waals surface area (Å²) in [6.07, 6.45) is 7.43. The fourth-order valence-electron chi connectivity index (χ4n) is 4.49. The van der Waals surface area contributed by atoms with Gasteiger partial charge in [-0.15, -0.1) is 6.58 Å². The first kappa shape index (κ1) is 22.0. The molecular formula is C27H31N3O2. The lowest BCUT2D eigenvalue weighted by Crippen LogP contribution is -2.45. The molecule has 0 unspecified atom stereocenters. The maximum absolute atomic E-state index is 13.4. The number of hydrogen-bond donors (Lipinski definition) is 3. The van der Waals surface area contributed by atoms with Crippen molar-refractivity contribution in [3.63, 3.8) is 0 Å². The van der Waals surface area contributed by atoms with E-state index in [0.29, 0.717) is 18.5 Å². The molecule has 3 aromatic rings. The normalized spacial score (nSPS) is 18.3. The molecular weight excluding hydrogens is 398 g/mol. The first-order valence-corrected chi connectivity index (χ1v) is 11.4. The van der Waals surface area contributed by atoms with Crippen LogP contribution in [-0.4, -0.2) is 34.7 Å². The van der Waals surface area contributed by atoms with E-state index in [9.17, 15) is 9.90 Å². The van der Waals surface area contributed by atoms with Crippen LogP contribution in [-0.2, 0) is 6.42 Å². The third-order valence-corrected chi connectivity index (χ3v) is 6.21. The van der Waals surface area contributed by atoms with Gasteiger partial charge in [0.2, 0.25) is 0 Å². The Morgan fingerprint density at radius 1 is 1.19 bits per heavy atom. The second-order valence-corrected chi connectivity index (χ2v) is 8.59. The van der Waals surface area contributed by atoms with Crippen LogP contribution in [0, 0.1) is 6.92 Å². The molecule has 1 saturated carbocycles. The second-order valence-electron chi connectivity index (χ2n) is 8.59. The van der Waals surface area contributed by atoms with Crippen molar-refractivity contribution >= 4 is 22.4 Å². The molecule has 1 aliphatic carbocycles. The van der Waals surface area contributed by atoms with Crippen LogP contribution in [0.2, 0.25) is 0 Å². The van der Waals surface area contributed by atoms with Crippen molar-refractivity contribution in [1.82, 2.24) is 10.3 Å². The van der Waals surface area contributed by atoms with Gasteiger partial charge in [0, 0.05) is 23.8 Å². The van der Waals surface area contributed by atoms with E-state index in [0.717, 1.165) is 59.0 Å². The monoisotopic (exact) mass is 429 g/mol. The minimum absolute atomic E-state index is 0.156. The van der Waals surface area contributed by atoms with Gasteiger partial charge in [0.25, 0.3) is 5.91 Å². The Morgan fingerprint density at radius 3 is 2.69 bits per heavy atom. The molecule has 0 aliphatic heterocycles. The molecule has 166 valence electrons. The molecule has 1 aromatic heterocycles. The highest BCUT2D eigenvalue weighted by molar-refractivity contribution is 6.09. The standard InChI is InChI=1S/C27H31N3O2/c1-3-14-28-26-22-9-5-4-8-21(22)20(15-19-13-12-18(2)29-17-19)16-23(26)27(32)30-24-10-6-7-11-25(24)31/h3-5,8-9,12-13,16-17,24-25,28,31H,1,6-7,10-11,14-15H2,2H3,(H,30,32)/t24-,25-/m0/s1. The van der Waals surface area contributed by atoms with Gasteiger partial charge in [0.1, 0.15) is 0 Å². The molecule has 2 atom stereocenters. The second kappa shape index (κ2) is 9.96. The minimum atomic E-state index is -0.490. The minimum Gasteiger partial charge on any atom is -0.391 e. The molecule has 5 heteroatoms. The highest BCUT2D eigenvalue weighted by atomic mass is 16.3. The summed E-state index contributed by atoms with van der Waals surface area (Å²) in [7, 11) is 0. The van der Waals surface area contributed by atoms with E-state index in [2.05, 4.69) is 34.3 Å². The average molecular weight is 430 g/mol. The van der Waals surface area contributed by atoms with E-state index in [-0.39, 0.29) is 11.9 Å². The number of anilines is 1. The predicted molar refractivity (Wildman–Crippen MR) is 130 cm³/mol. The summed E-state index contributed by atoms with van der Waals surface area (Å²) in [5, 5.41) is 19.0. The highest BCUT2D eigenvalue weighted by Gasteiger charge is 2.26. The Hall–Kier alpha value is -3.18. The predicted octanol–water partition coefficient (Wildman–Crippen LogP) is 4.77. The van der Waals surface area contributed by atoms with Gasteiger partial charge in [-0.1, -0.05) is 49.2 Å². The number of rotatable bonds is 7. The van der Waals surface area contributed by atoms with Crippen LogP contribution >= 0.6 is 0 Å². The van der Waals surface area contributed by atoms with E-state index < -0.39 is 6.10 Å². The van der Waals surface area contributed by atoms with Gasteiger partial charge >= 0.3 is 0 Å². The summed E-state index contributed by atoms with van der Waals surface area (Å²) < 4.78 is 0. The molecule has 2 aromatic carbocycles. The zero-order valence-corrected chi connectivity index (χ0v) is 18.6. The molecule has 32 heavy (non-hydrogen) atoms. The van der Waals surface area contributed by atoms with Crippen molar-refractivity contribution in [3.05, 3.63) is 83.7 Å². The Kier molecular flexibility index (Phi) is 6.86. The van der Waals surface area contributed by atoms with Crippen molar-refractivity contribution < 1.29 is 9.90 Å². The number of carbonyl (C=O) groups is 1. The molecule has 1 aliphatic rings. The van der Waals surface area contributed by atoms with E-state index in [1.54, 1.807) is 6.08 Å². The number of aliphatic hydroxyl groups is 1. The number of pyridine rings is 1. The number of nitrogens with one attached hydrogen (secondary N) is 2. The molecule has 1 fully saturated rings. The molecule has 0 bridgehead atoms. The first-order valence-electron chi connectivity index (χ1n) is 11.4. The molecule has 0 spiro atoms. The van der Waals surface area contributed by atoms with Crippen LogP contribution in [0.15, 0.2) is 61.3 Å². The van der Waals surface area contributed by atoms with E-state index in [1.807, 2.05) is 43.5 Å². The van der Waals surface area contributed by atoms with E-state index in [4.69, 9.17) is 0 Å². The third kappa shape index (κ3) is 4.83. The molecule has 5 nitrogen and oxygen atoms in total. The quantitative estimate of drug-likeness (QED) is 0.473. The number of hydrogen-bond acceptors (Lipinski definition) is 4. The van der Waals surface area contributed by atoms with Crippen LogP contribution in [0.25, 0.3) is 10.8 Å². The molecule has 1 heterocycles. The number of benzene rings is 2. The van der Waals surface area contributed by atoms with Crippen LogP contribution < -0.4 is 10.6 Å². The maximum atomic E-state index is 13.4. The SMILES string of the molecule is C=CCNc1c(C(=O)N[C@H]2CCCC[C@@H]2O)cc(Cc2ccc(C)nc2)c2ccccc12. The third-order valence-electron chi connectivity index (χ3n) is 6.21. The summed E-state index contributed by atoms with van der Waals surface area (Å²) in [6, 6.07) is 14.0. The lowest BCUT2D eigenvalue weighted by Gasteiger charge is -2.29.